The van der Waals surface area contributed by atoms with E-state index in [1.165, 1.54) is 0 Å². The predicted octanol–water partition coefficient (Wildman–Crippen LogP) is 5.25. The zero-order valence-corrected chi connectivity index (χ0v) is 18.7. The van der Waals surface area contributed by atoms with E-state index in [1.54, 1.807) is 7.11 Å². The van der Waals surface area contributed by atoms with Crippen molar-refractivity contribution >= 4 is 17.0 Å². The van der Waals surface area contributed by atoms with Crippen LogP contribution in [-0.4, -0.2) is 27.8 Å². The van der Waals surface area contributed by atoms with Gasteiger partial charge >= 0.3 is 5.97 Å². The van der Waals surface area contributed by atoms with Gasteiger partial charge in [-0.05, 0) is 42.8 Å². The van der Waals surface area contributed by atoms with Crippen LogP contribution in [0.25, 0.3) is 28.0 Å². The van der Waals surface area contributed by atoms with Crippen LogP contribution in [0.1, 0.15) is 38.4 Å². The summed E-state index contributed by atoms with van der Waals surface area (Å²) in [5, 5.41) is 5.78. The summed E-state index contributed by atoms with van der Waals surface area (Å²) in [7, 11) is 1.65. The Morgan fingerprint density at radius 1 is 1.00 bits per heavy atom. The molecular formula is C26H25N3O3. The minimum absolute atomic E-state index is 0.224. The fraction of sp³-hybridized carbons (Fsp3) is 0.269. The van der Waals surface area contributed by atoms with Crippen molar-refractivity contribution < 1.29 is 14.3 Å². The molecule has 0 spiro atoms. The number of esters is 1. The summed E-state index contributed by atoms with van der Waals surface area (Å²) in [5.74, 6) is 1.14. The molecule has 162 valence electrons. The Morgan fingerprint density at radius 3 is 2.38 bits per heavy atom. The van der Waals surface area contributed by atoms with Gasteiger partial charge in [0.15, 0.2) is 5.65 Å². The predicted molar refractivity (Wildman–Crippen MR) is 124 cm³/mol. The maximum absolute atomic E-state index is 12.4. The molecular weight excluding hydrogens is 402 g/mol. The van der Waals surface area contributed by atoms with E-state index >= 15 is 0 Å². The van der Waals surface area contributed by atoms with Crippen molar-refractivity contribution in [2.75, 3.05) is 7.11 Å². The third-order valence-electron chi connectivity index (χ3n) is 5.74. The third-order valence-corrected chi connectivity index (χ3v) is 5.74. The summed E-state index contributed by atoms with van der Waals surface area (Å²) < 4.78 is 13.0. The average Bonchev–Trinajstić information content (AvgIpc) is 3.19. The Morgan fingerprint density at radius 2 is 1.72 bits per heavy atom. The van der Waals surface area contributed by atoms with E-state index in [9.17, 15) is 4.79 Å². The first kappa shape index (κ1) is 20.2. The molecule has 0 fully saturated rings. The van der Waals surface area contributed by atoms with Gasteiger partial charge in [-0.1, -0.05) is 39.0 Å². The number of ether oxygens (including phenoxy) is 2. The second kappa shape index (κ2) is 7.48. The van der Waals surface area contributed by atoms with Crippen LogP contribution in [0.4, 0.5) is 0 Å². The maximum atomic E-state index is 12.4. The number of carbonyl (C=O) groups excluding carboxylic acids is 1. The van der Waals surface area contributed by atoms with Crippen LogP contribution < -0.4 is 9.47 Å². The molecule has 2 aromatic carbocycles. The largest absolute Gasteiger partial charge is 0.497 e. The molecule has 4 aromatic rings. The molecule has 3 heterocycles. The van der Waals surface area contributed by atoms with Crippen molar-refractivity contribution in [1.82, 2.24) is 14.8 Å². The molecule has 0 radical (unpaired) electrons. The van der Waals surface area contributed by atoms with Crippen molar-refractivity contribution in [3.8, 4) is 28.4 Å². The van der Waals surface area contributed by atoms with Crippen LogP contribution in [0.5, 0.6) is 11.5 Å². The van der Waals surface area contributed by atoms with E-state index in [1.807, 2.05) is 59.3 Å². The summed E-state index contributed by atoms with van der Waals surface area (Å²) in [6.45, 7) is 6.33. The number of hydrogen-bond donors (Lipinski definition) is 0. The van der Waals surface area contributed by atoms with Gasteiger partial charge in [-0.3, -0.25) is 4.79 Å². The van der Waals surface area contributed by atoms with Gasteiger partial charge in [0.2, 0.25) is 0 Å². The van der Waals surface area contributed by atoms with Crippen LogP contribution in [0, 0.1) is 0 Å². The van der Waals surface area contributed by atoms with Gasteiger partial charge in [0.05, 0.1) is 36.0 Å². The number of benzene rings is 2. The molecule has 0 amide bonds. The molecule has 0 atom stereocenters. The first-order chi connectivity index (χ1) is 15.4. The zero-order valence-electron chi connectivity index (χ0n) is 18.7. The van der Waals surface area contributed by atoms with Gasteiger partial charge in [0.1, 0.15) is 11.5 Å². The number of pyridine rings is 1. The average molecular weight is 428 g/mol. The van der Waals surface area contributed by atoms with Crippen molar-refractivity contribution in [1.29, 1.82) is 0 Å². The summed E-state index contributed by atoms with van der Waals surface area (Å²) >= 11 is 0. The number of nitrogens with zero attached hydrogens (tertiary/aromatic N) is 3. The molecule has 6 heteroatoms. The number of para-hydroxylation sites is 1. The lowest BCUT2D eigenvalue weighted by Gasteiger charge is -2.22. The smallest absolute Gasteiger partial charge is 0.311 e. The Kier molecular flexibility index (Phi) is 4.73. The van der Waals surface area contributed by atoms with Crippen LogP contribution in [0.3, 0.4) is 0 Å². The number of rotatable bonds is 3. The first-order valence-electron chi connectivity index (χ1n) is 10.7. The highest BCUT2D eigenvalue weighted by atomic mass is 16.5. The Hall–Kier alpha value is -3.67. The van der Waals surface area contributed by atoms with E-state index in [2.05, 4.69) is 20.8 Å². The van der Waals surface area contributed by atoms with E-state index in [0.717, 1.165) is 39.3 Å². The van der Waals surface area contributed by atoms with E-state index < -0.39 is 0 Å². The van der Waals surface area contributed by atoms with Crippen LogP contribution in [0.2, 0.25) is 0 Å². The van der Waals surface area contributed by atoms with Gasteiger partial charge in [-0.15, -0.1) is 0 Å². The molecule has 0 unspecified atom stereocenters. The SMILES string of the molecule is COc1ccc(-c2nc3c(c(C(C)(C)C)nn3-c3ccccc3)c3c2CCC(=O)O3)cc1. The lowest BCUT2D eigenvalue weighted by Crippen LogP contribution is -2.19. The summed E-state index contributed by atoms with van der Waals surface area (Å²) in [5.41, 5.74) is 4.87. The van der Waals surface area contributed by atoms with Crippen molar-refractivity contribution in [2.24, 2.45) is 0 Å². The number of methoxy groups -OCH3 is 1. The fourth-order valence-electron chi connectivity index (χ4n) is 4.15. The molecule has 0 N–H and O–H groups in total. The van der Waals surface area contributed by atoms with E-state index in [-0.39, 0.29) is 11.4 Å². The summed E-state index contributed by atoms with van der Waals surface area (Å²) in [6, 6.07) is 17.7. The number of carbonyl (C=O) groups is 1. The second-order valence-corrected chi connectivity index (χ2v) is 9.02. The summed E-state index contributed by atoms with van der Waals surface area (Å²) in [4.78, 5) is 17.5. The van der Waals surface area contributed by atoms with E-state index in [0.29, 0.717) is 24.2 Å². The Balaban J connectivity index is 1.87. The van der Waals surface area contributed by atoms with Gasteiger partial charge in [-0.25, -0.2) is 9.67 Å². The molecule has 0 saturated heterocycles. The highest BCUT2D eigenvalue weighted by Crippen LogP contribution is 2.43. The lowest BCUT2D eigenvalue weighted by molar-refractivity contribution is -0.135. The first-order valence-corrected chi connectivity index (χ1v) is 10.7. The van der Waals surface area contributed by atoms with Gasteiger partial charge in [0, 0.05) is 16.5 Å². The molecule has 1 aliphatic heterocycles. The molecule has 32 heavy (non-hydrogen) atoms. The minimum atomic E-state index is -0.265. The molecule has 5 rings (SSSR count). The Bertz CT molecular complexity index is 1320. The van der Waals surface area contributed by atoms with Crippen LogP contribution in [-0.2, 0) is 16.6 Å². The van der Waals surface area contributed by atoms with E-state index in [4.69, 9.17) is 19.6 Å². The monoisotopic (exact) mass is 427 g/mol. The molecule has 0 aliphatic carbocycles. The number of aromatic nitrogens is 3. The zero-order chi connectivity index (χ0) is 22.5. The molecule has 1 aliphatic rings. The molecule has 0 bridgehead atoms. The fourth-order valence-corrected chi connectivity index (χ4v) is 4.15. The topological polar surface area (TPSA) is 66.2 Å². The number of hydrogen-bond acceptors (Lipinski definition) is 5. The van der Waals surface area contributed by atoms with Crippen LogP contribution >= 0.6 is 0 Å². The quantitative estimate of drug-likeness (QED) is 0.418. The molecule has 2 aromatic heterocycles. The van der Waals surface area contributed by atoms with Gasteiger partial charge in [-0.2, -0.15) is 5.10 Å². The highest BCUT2D eigenvalue weighted by molar-refractivity contribution is 5.95. The standard InChI is InChI=1S/C26H25N3O3/c1-26(2,3)24-21-23-19(14-15-20(30)32-23)22(16-10-12-18(31-4)13-11-16)27-25(21)29(28-24)17-8-6-5-7-9-17/h5-13H,14-15H2,1-4H3. The maximum Gasteiger partial charge on any atom is 0.311 e. The second-order valence-electron chi connectivity index (χ2n) is 9.02. The Labute approximate surface area is 186 Å². The highest BCUT2D eigenvalue weighted by Gasteiger charge is 2.32. The normalized spacial score (nSPS) is 13.7. The van der Waals surface area contributed by atoms with Crippen molar-refractivity contribution in [3.05, 3.63) is 65.9 Å². The van der Waals surface area contributed by atoms with Gasteiger partial charge < -0.3 is 9.47 Å². The molecule has 0 saturated carbocycles. The third kappa shape index (κ3) is 3.32. The number of fused-ring (bicyclic) bond motifs is 3. The van der Waals surface area contributed by atoms with Gasteiger partial charge in [0.25, 0.3) is 0 Å². The van der Waals surface area contributed by atoms with Crippen LogP contribution in [0.15, 0.2) is 54.6 Å². The lowest BCUT2D eigenvalue weighted by atomic mass is 9.88. The van der Waals surface area contributed by atoms with Crippen molar-refractivity contribution in [3.63, 3.8) is 0 Å². The summed E-state index contributed by atoms with van der Waals surface area (Å²) in [6.07, 6.45) is 0.916. The molecule has 6 nitrogen and oxygen atoms in total. The van der Waals surface area contributed by atoms with Crippen molar-refractivity contribution in [2.45, 2.75) is 39.0 Å². The minimum Gasteiger partial charge on any atom is -0.497 e.